The van der Waals surface area contributed by atoms with Gasteiger partial charge in [0, 0.05) is 44.1 Å². The molecule has 1 aliphatic heterocycles. The van der Waals surface area contributed by atoms with Gasteiger partial charge in [-0.15, -0.1) is 0 Å². The lowest BCUT2D eigenvalue weighted by molar-refractivity contribution is -0.128. The Hall–Kier alpha value is -2.87. The van der Waals surface area contributed by atoms with Gasteiger partial charge in [-0.1, -0.05) is 23.9 Å². The van der Waals surface area contributed by atoms with Crippen molar-refractivity contribution in [1.82, 2.24) is 19.8 Å². The Morgan fingerprint density at radius 3 is 2.57 bits per heavy atom. The van der Waals surface area contributed by atoms with E-state index in [2.05, 4.69) is 9.97 Å². The lowest BCUT2D eigenvalue weighted by Gasteiger charge is -2.22. The average Bonchev–Trinajstić information content (AvgIpc) is 2.99. The minimum absolute atomic E-state index is 0.0162. The summed E-state index contributed by atoms with van der Waals surface area (Å²) in [6.07, 6.45) is 3.99. The Kier molecular flexibility index (Phi) is 5.57. The SMILES string of the molecule is O=C(CSc1nc2ccccc2o1)N1CCCN(C(=O)c2ccncc2)CC1. The predicted molar refractivity (Wildman–Crippen MR) is 106 cm³/mol. The monoisotopic (exact) mass is 396 g/mol. The van der Waals surface area contributed by atoms with Crippen LogP contribution in [-0.2, 0) is 4.79 Å². The van der Waals surface area contributed by atoms with Crippen molar-refractivity contribution in [2.45, 2.75) is 11.6 Å². The normalized spacial score (nSPS) is 14.9. The van der Waals surface area contributed by atoms with Crippen LogP contribution < -0.4 is 0 Å². The van der Waals surface area contributed by atoms with Crippen LogP contribution in [0.2, 0.25) is 0 Å². The van der Waals surface area contributed by atoms with Crippen molar-refractivity contribution in [2.75, 3.05) is 31.9 Å². The molecule has 4 rings (SSSR count). The maximum absolute atomic E-state index is 12.6. The predicted octanol–water partition coefficient (Wildman–Crippen LogP) is 2.69. The van der Waals surface area contributed by atoms with Crippen molar-refractivity contribution in [3.05, 3.63) is 54.4 Å². The zero-order valence-electron chi connectivity index (χ0n) is 15.3. The van der Waals surface area contributed by atoms with Crippen LogP contribution in [0.5, 0.6) is 0 Å². The smallest absolute Gasteiger partial charge is 0.257 e. The van der Waals surface area contributed by atoms with Gasteiger partial charge < -0.3 is 14.2 Å². The third kappa shape index (κ3) is 4.17. The number of thioether (sulfide) groups is 1. The van der Waals surface area contributed by atoms with Gasteiger partial charge in [0.05, 0.1) is 5.75 Å². The van der Waals surface area contributed by atoms with E-state index in [9.17, 15) is 9.59 Å². The number of aromatic nitrogens is 2. The molecule has 28 heavy (non-hydrogen) atoms. The Balaban J connectivity index is 1.32. The number of oxazole rings is 1. The number of carbonyl (C=O) groups is 2. The number of rotatable bonds is 4. The fraction of sp³-hybridized carbons (Fsp3) is 0.300. The number of hydrogen-bond donors (Lipinski definition) is 0. The topological polar surface area (TPSA) is 79.5 Å². The molecule has 3 aromatic rings. The summed E-state index contributed by atoms with van der Waals surface area (Å²) in [6.45, 7) is 2.35. The van der Waals surface area contributed by atoms with Gasteiger partial charge in [-0.05, 0) is 30.7 Å². The summed E-state index contributed by atoms with van der Waals surface area (Å²) in [5.41, 5.74) is 2.14. The van der Waals surface area contributed by atoms with Crippen LogP contribution in [0.4, 0.5) is 0 Å². The molecule has 0 aliphatic carbocycles. The van der Waals surface area contributed by atoms with Crippen LogP contribution in [-0.4, -0.2) is 63.5 Å². The minimum atomic E-state index is -0.0162. The molecular formula is C20H20N4O3S. The second kappa shape index (κ2) is 8.43. The van der Waals surface area contributed by atoms with Gasteiger partial charge in [0.1, 0.15) is 5.52 Å². The highest BCUT2D eigenvalue weighted by atomic mass is 32.2. The Bertz CT molecular complexity index is 943. The van der Waals surface area contributed by atoms with Gasteiger partial charge in [-0.2, -0.15) is 0 Å². The largest absolute Gasteiger partial charge is 0.431 e. The van der Waals surface area contributed by atoms with E-state index in [1.807, 2.05) is 29.2 Å². The number of benzene rings is 1. The summed E-state index contributed by atoms with van der Waals surface area (Å²) in [7, 11) is 0. The number of para-hydroxylation sites is 2. The molecule has 0 saturated carbocycles. The maximum atomic E-state index is 12.6. The van der Waals surface area contributed by atoms with Gasteiger partial charge in [-0.25, -0.2) is 4.98 Å². The first-order valence-electron chi connectivity index (χ1n) is 9.16. The van der Waals surface area contributed by atoms with Gasteiger partial charge in [0.2, 0.25) is 5.91 Å². The summed E-state index contributed by atoms with van der Waals surface area (Å²) >= 11 is 1.30. The first kappa shape index (κ1) is 18.5. The summed E-state index contributed by atoms with van der Waals surface area (Å²) in [4.78, 5) is 37.2. The van der Waals surface area contributed by atoms with E-state index < -0.39 is 0 Å². The molecule has 1 aromatic carbocycles. The zero-order valence-corrected chi connectivity index (χ0v) is 16.1. The van der Waals surface area contributed by atoms with Crippen LogP contribution in [0.1, 0.15) is 16.8 Å². The van der Waals surface area contributed by atoms with Crippen molar-refractivity contribution < 1.29 is 14.0 Å². The highest BCUT2D eigenvalue weighted by Crippen LogP contribution is 2.23. The first-order valence-corrected chi connectivity index (χ1v) is 10.1. The number of nitrogens with zero attached hydrogens (tertiary/aromatic N) is 4. The van der Waals surface area contributed by atoms with E-state index in [0.29, 0.717) is 37.0 Å². The Morgan fingerprint density at radius 2 is 1.75 bits per heavy atom. The second-order valence-electron chi connectivity index (χ2n) is 6.50. The fourth-order valence-electron chi connectivity index (χ4n) is 3.17. The summed E-state index contributed by atoms with van der Waals surface area (Å²) in [5.74, 6) is 0.286. The third-order valence-electron chi connectivity index (χ3n) is 4.66. The minimum Gasteiger partial charge on any atom is -0.431 e. The number of fused-ring (bicyclic) bond motifs is 1. The number of hydrogen-bond acceptors (Lipinski definition) is 6. The number of carbonyl (C=O) groups excluding carboxylic acids is 2. The van der Waals surface area contributed by atoms with E-state index in [1.165, 1.54) is 11.8 Å². The molecule has 0 bridgehead atoms. The van der Waals surface area contributed by atoms with E-state index >= 15 is 0 Å². The standard InChI is InChI=1S/C20H20N4O3S/c25-18(14-28-20-22-16-4-1-2-5-17(16)27-20)23-10-3-11-24(13-12-23)19(26)15-6-8-21-9-7-15/h1-2,4-9H,3,10-14H2. The Morgan fingerprint density at radius 1 is 1.00 bits per heavy atom. The quantitative estimate of drug-likeness (QED) is 0.631. The van der Waals surface area contributed by atoms with Gasteiger partial charge in [-0.3, -0.25) is 14.6 Å². The van der Waals surface area contributed by atoms with E-state index in [-0.39, 0.29) is 17.6 Å². The van der Waals surface area contributed by atoms with E-state index in [0.717, 1.165) is 17.5 Å². The van der Waals surface area contributed by atoms with Gasteiger partial charge >= 0.3 is 0 Å². The van der Waals surface area contributed by atoms with Crippen molar-refractivity contribution in [2.24, 2.45) is 0 Å². The number of amides is 2. The van der Waals surface area contributed by atoms with Crippen molar-refractivity contribution in [3.8, 4) is 0 Å². The average molecular weight is 396 g/mol. The van der Waals surface area contributed by atoms with Crippen LogP contribution in [0.25, 0.3) is 11.1 Å². The highest BCUT2D eigenvalue weighted by molar-refractivity contribution is 7.99. The molecule has 2 amide bonds. The van der Waals surface area contributed by atoms with Gasteiger partial charge in [0.15, 0.2) is 5.58 Å². The molecule has 144 valence electrons. The summed E-state index contributed by atoms with van der Waals surface area (Å²) < 4.78 is 5.65. The molecule has 0 N–H and O–H groups in total. The summed E-state index contributed by atoms with van der Waals surface area (Å²) in [6, 6.07) is 11.0. The first-order chi connectivity index (χ1) is 13.7. The van der Waals surface area contributed by atoms with Crippen LogP contribution in [0.3, 0.4) is 0 Å². The van der Waals surface area contributed by atoms with E-state index in [4.69, 9.17) is 4.42 Å². The molecular weight excluding hydrogens is 376 g/mol. The second-order valence-corrected chi connectivity index (χ2v) is 7.43. The van der Waals surface area contributed by atoms with Crippen molar-refractivity contribution in [3.63, 3.8) is 0 Å². The maximum Gasteiger partial charge on any atom is 0.257 e. The number of pyridine rings is 1. The highest BCUT2D eigenvalue weighted by Gasteiger charge is 2.23. The lowest BCUT2D eigenvalue weighted by Crippen LogP contribution is -2.38. The molecule has 1 fully saturated rings. The van der Waals surface area contributed by atoms with Crippen molar-refractivity contribution in [1.29, 1.82) is 0 Å². The molecule has 1 saturated heterocycles. The third-order valence-corrected chi connectivity index (χ3v) is 5.47. The molecule has 0 radical (unpaired) electrons. The molecule has 0 atom stereocenters. The lowest BCUT2D eigenvalue weighted by atomic mass is 10.2. The molecule has 3 heterocycles. The van der Waals surface area contributed by atoms with Crippen LogP contribution >= 0.6 is 11.8 Å². The molecule has 0 spiro atoms. The zero-order chi connectivity index (χ0) is 19.3. The molecule has 8 heteroatoms. The van der Waals surface area contributed by atoms with Crippen LogP contribution in [0.15, 0.2) is 58.4 Å². The van der Waals surface area contributed by atoms with Gasteiger partial charge in [0.25, 0.3) is 11.1 Å². The molecule has 2 aromatic heterocycles. The molecule has 1 aliphatic rings. The fourth-order valence-corrected chi connectivity index (χ4v) is 3.92. The summed E-state index contributed by atoms with van der Waals surface area (Å²) in [5, 5.41) is 0.499. The van der Waals surface area contributed by atoms with E-state index in [1.54, 1.807) is 29.4 Å². The molecule has 7 nitrogen and oxygen atoms in total. The molecule has 0 unspecified atom stereocenters. The van der Waals surface area contributed by atoms with Crippen LogP contribution in [0, 0.1) is 0 Å². The Labute approximate surface area is 166 Å². The van der Waals surface area contributed by atoms with Crippen molar-refractivity contribution >= 4 is 34.7 Å².